The molecule has 0 aliphatic carbocycles. The van der Waals surface area contributed by atoms with Gasteiger partial charge in [0.2, 0.25) is 0 Å². The van der Waals surface area contributed by atoms with Crippen LogP contribution < -0.4 is 10.6 Å². The highest BCUT2D eigenvalue weighted by molar-refractivity contribution is 5.89. The number of aromatic nitrogens is 3. The molecule has 0 radical (unpaired) electrons. The fourth-order valence-electron chi connectivity index (χ4n) is 3.06. The average molecular weight is 342 g/mol. The van der Waals surface area contributed by atoms with Crippen LogP contribution in [0.3, 0.4) is 0 Å². The van der Waals surface area contributed by atoms with Crippen molar-refractivity contribution in [3.63, 3.8) is 0 Å². The zero-order chi connectivity index (χ0) is 17.5. The third kappa shape index (κ3) is 5.20. The van der Waals surface area contributed by atoms with E-state index in [1.165, 1.54) is 19.2 Å². The van der Waals surface area contributed by atoms with Gasteiger partial charge in [0.1, 0.15) is 12.7 Å². The van der Waals surface area contributed by atoms with Crippen molar-refractivity contribution in [1.29, 1.82) is 0 Å². The standard InChI is InChI=1S/C18H26N6O/c1-15(12-24-14-19-13-20-24)21-16-6-8-17(9-7-16)22-18(25)23-10-4-2-3-5-11-23/h6-9,13-15,21H,2-5,10-12H2,1H3,(H,22,25). The summed E-state index contributed by atoms with van der Waals surface area (Å²) in [7, 11) is 0. The van der Waals surface area contributed by atoms with Gasteiger partial charge in [-0.3, -0.25) is 4.68 Å². The summed E-state index contributed by atoms with van der Waals surface area (Å²) in [6, 6.07) is 8.05. The van der Waals surface area contributed by atoms with Gasteiger partial charge in [-0.25, -0.2) is 9.78 Å². The molecule has 2 amide bonds. The lowest BCUT2D eigenvalue weighted by Crippen LogP contribution is -2.35. The zero-order valence-electron chi connectivity index (χ0n) is 14.7. The van der Waals surface area contributed by atoms with Crippen LogP contribution in [-0.4, -0.2) is 44.8 Å². The number of hydrogen-bond acceptors (Lipinski definition) is 4. The van der Waals surface area contributed by atoms with Crippen molar-refractivity contribution >= 4 is 17.4 Å². The lowest BCUT2D eigenvalue weighted by molar-refractivity contribution is 0.214. The molecule has 0 bridgehead atoms. The Morgan fingerprint density at radius 2 is 1.80 bits per heavy atom. The lowest BCUT2D eigenvalue weighted by atomic mass is 10.2. The number of nitrogens with one attached hydrogen (secondary N) is 2. The van der Waals surface area contributed by atoms with Crippen LogP contribution >= 0.6 is 0 Å². The van der Waals surface area contributed by atoms with Crippen molar-refractivity contribution in [3.05, 3.63) is 36.9 Å². The molecule has 2 aromatic rings. The third-order valence-corrected chi connectivity index (χ3v) is 4.37. The van der Waals surface area contributed by atoms with Crippen molar-refractivity contribution in [2.24, 2.45) is 0 Å². The summed E-state index contributed by atoms with van der Waals surface area (Å²) in [6.07, 6.45) is 7.88. The Hall–Kier alpha value is -2.57. The van der Waals surface area contributed by atoms with E-state index in [1.54, 1.807) is 11.0 Å². The summed E-state index contributed by atoms with van der Waals surface area (Å²) in [4.78, 5) is 18.2. The van der Waals surface area contributed by atoms with Crippen LogP contribution in [0.2, 0.25) is 0 Å². The minimum Gasteiger partial charge on any atom is -0.381 e. The number of benzene rings is 1. The first-order valence-electron chi connectivity index (χ1n) is 8.95. The van der Waals surface area contributed by atoms with Crippen LogP contribution in [0.15, 0.2) is 36.9 Å². The van der Waals surface area contributed by atoms with E-state index in [0.29, 0.717) is 0 Å². The fraction of sp³-hybridized carbons (Fsp3) is 0.500. The van der Waals surface area contributed by atoms with Crippen LogP contribution in [0, 0.1) is 0 Å². The first kappa shape index (κ1) is 17.3. The number of rotatable bonds is 5. The molecule has 1 aliphatic rings. The summed E-state index contributed by atoms with van der Waals surface area (Å²) >= 11 is 0. The van der Waals surface area contributed by atoms with Crippen LogP contribution in [0.4, 0.5) is 16.2 Å². The molecule has 1 unspecified atom stereocenters. The SMILES string of the molecule is CC(Cn1cncn1)Nc1ccc(NC(=O)N2CCCCCC2)cc1. The Morgan fingerprint density at radius 3 is 2.44 bits per heavy atom. The highest BCUT2D eigenvalue weighted by atomic mass is 16.2. The zero-order valence-corrected chi connectivity index (χ0v) is 14.7. The van der Waals surface area contributed by atoms with E-state index in [-0.39, 0.29) is 12.1 Å². The molecule has 1 fully saturated rings. The highest BCUT2D eigenvalue weighted by Crippen LogP contribution is 2.16. The van der Waals surface area contributed by atoms with Gasteiger partial charge in [0.15, 0.2) is 0 Å². The van der Waals surface area contributed by atoms with Crippen LogP contribution in [0.25, 0.3) is 0 Å². The Labute approximate surface area is 148 Å². The lowest BCUT2D eigenvalue weighted by Gasteiger charge is -2.21. The number of likely N-dealkylation sites (tertiary alicyclic amines) is 1. The minimum atomic E-state index is 0.00200. The summed E-state index contributed by atoms with van der Waals surface area (Å²) in [5.41, 5.74) is 1.84. The Kier molecular flexibility index (Phi) is 5.87. The topological polar surface area (TPSA) is 75.1 Å². The number of anilines is 2. The monoisotopic (exact) mass is 342 g/mol. The number of carbonyl (C=O) groups excluding carboxylic acids is 1. The Balaban J connectivity index is 1.50. The molecule has 7 nitrogen and oxygen atoms in total. The van der Waals surface area contributed by atoms with Gasteiger partial charge in [0, 0.05) is 30.5 Å². The molecule has 1 aromatic heterocycles. The number of urea groups is 1. The molecule has 134 valence electrons. The van der Waals surface area contributed by atoms with E-state index < -0.39 is 0 Å². The fourth-order valence-corrected chi connectivity index (χ4v) is 3.06. The smallest absolute Gasteiger partial charge is 0.321 e. The Morgan fingerprint density at radius 1 is 1.12 bits per heavy atom. The van der Waals surface area contributed by atoms with E-state index in [2.05, 4.69) is 27.6 Å². The Bertz CT molecular complexity index is 647. The van der Waals surface area contributed by atoms with Crippen molar-refractivity contribution in [3.8, 4) is 0 Å². The summed E-state index contributed by atoms with van der Waals surface area (Å²) in [5.74, 6) is 0. The van der Waals surface area contributed by atoms with Crippen molar-refractivity contribution in [1.82, 2.24) is 19.7 Å². The molecule has 0 spiro atoms. The average Bonchev–Trinajstić information content (AvgIpc) is 2.95. The first-order chi connectivity index (χ1) is 12.2. The second kappa shape index (κ2) is 8.50. The van der Waals surface area contributed by atoms with Crippen molar-refractivity contribution in [2.45, 2.75) is 45.2 Å². The highest BCUT2D eigenvalue weighted by Gasteiger charge is 2.15. The molecule has 0 saturated carbocycles. The van der Waals surface area contributed by atoms with Crippen molar-refractivity contribution < 1.29 is 4.79 Å². The van der Waals surface area contributed by atoms with E-state index in [9.17, 15) is 4.79 Å². The normalized spacial score (nSPS) is 16.1. The maximum atomic E-state index is 12.3. The van der Waals surface area contributed by atoms with Gasteiger partial charge in [-0.2, -0.15) is 5.10 Å². The molecule has 2 heterocycles. The summed E-state index contributed by atoms with van der Waals surface area (Å²) < 4.78 is 1.80. The molecule has 1 atom stereocenters. The second-order valence-electron chi connectivity index (χ2n) is 6.57. The van der Waals surface area contributed by atoms with Gasteiger partial charge in [-0.1, -0.05) is 12.8 Å². The molecular weight excluding hydrogens is 316 g/mol. The molecular formula is C18H26N6O. The molecule has 25 heavy (non-hydrogen) atoms. The minimum absolute atomic E-state index is 0.00200. The van der Waals surface area contributed by atoms with E-state index in [1.807, 2.05) is 29.2 Å². The first-order valence-corrected chi connectivity index (χ1v) is 8.95. The molecule has 1 saturated heterocycles. The van der Waals surface area contributed by atoms with Gasteiger partial charge in [0.25, 0.3) is 0 Å². The summed E-state index contributed by atoms with van der Waals surface area (Å²) in [5, 5.41) is 10.5. The number of carbonyl (C=O) groups is 1. The maximum absolute atomic E-state index is 12.3. The van der Waals surface area contributed by atoms with E-state index >= 15 is 0 Å². The molecule has 7 heteroatoms. The van der Waals surface area contributed by atoms with Crippen LogP contribution in [0.1, 0.15) is 32.6 Å². The third-order valence-electron chi connectivity index (χ3n) is 4.37. The molecule has 2 N–H and O–H groups in total. The largest absolute Gasteiger partial charge is 0.381 e. The van der Waals surface area contributed by atoms with Gasteiger partial charge in [-0.05, 0) is 44.0 Å². The predicted octanol–water partition coefficient (Wildman–Crippen LogP) is 3.19. The number of hydrogen-bond donors (Lipinski definition) is 2. The molecule has 3 rings (SSSR count). The van der Waals surface area contributed by atoms with Gasteiger partial charge >= 0.3 is 6.03 Å². The second-order valence-corrected chi connectivity index (χ2v) is 6.57. The molecule has 1 aliphatic heterocycles. The predicted molar refractivity (Wildman–Crippen MR) is 98.6 cm³/mol. The van der Waals surface area contributed by atoms with E-state index in [4.69, 9.17) is 0 Å². The van der Waals surface area contributed by atoms with Crippen LogP contribution in [0.5, 0.6) is 0 Å². The van der Waals surface area contributed by atoms with Gasteiger partial charge in [-0.15, -0.1) is 0 Å². The number of amides is 2. The number of nitrogens with zero attached hydrogens (tertiary/aromatic N) is 4. The maximum Gasteiger partial charge on any atom is 0.321 e. The summed E-state index contributed by atoms with van der Waals surface area (Å²) in [6.45, 7) is 4.54. The quantitative estimate of drug-likeness (QED) is 0.875. The van der Waals surface area contributed by atoms with E-state index in [0.717, 1.165) is 43.9 Å². The van der Waals surface area contributed by atoms with Gasteiger partial charge < -0.3 is 15.5 Å². The molecule has 1 aromatic carbocycles. The van der Waals surface area contributed by atoms with Crippen LogP contribution in [-0.2, 0) is 6.54 Å². The van der Waals surface area contributed by atoms with Crippen molar-refractivity contribution in [2.75, 3.05) is 23.7 Å². The van der Waals surface area contributed by atoms with Gasteiger partial charge in [0.05, 0.1) is 6.54 Å².